The Hall–Kier alpha value is -2.59. The standard InChI is InChI=1S/C19H21N3O3S/c1-21(10-6-9-20)16(23)13-25-19(24)17-14-7-2-3-8-15(14)26-18(17)22-11-4-5-12-22/h4-5,11-12H,2-3,6-8,10,13H2,1H3. The van der Waals surface area contributed by atoms with Gasteiger partial charge in [0, 0.05) is 30.9 Å². The largest absolute Gasteiger partial charge is 0.452 e. The summed E-state index contributed by atoms with van der Waals surface area (Å²) in [5.41, 5.74) is 1.66. The lowest BCUT2D eigenvalue weighted by Gasteiger charge is -2.16. The Morgan fingerprint density at radius 1 is 1.31 bits per heavy atom. The van der Waals surface area contributed by atoms with Gasteiger partial charge in [0.25, 0.3) is 5.91 Å². The molecule has 0 spiro atoms. The number of likely N-dealkylation sites (N-methyl/N-ethyl adjacent to an activating group) is 1. The summed E-state index contributed by atoms with van der Waals surface area (Å²) >= 11 is 1.63. The maximum absolute atomic E-state index is 12.8. The maximum Gasteiger partial charge on any atom is 0.341 e. The fourth-order valence-electron chi connectivity index (χ4n) is 3.07. The molecule has 2 aromatic rings. The SMILES string of the molecule is CN(CCC#N)C(=O)COC(=O)c1c(-n2cccc2)sc2c1CCCC2. The summed E-state index contributed by atoms with van der Waals surface area (Å²) in [4.78, 5) is 27.5. The second-order valence-electron chi connectivity index (χ2n) is 6.28. The van der Waals surface area contributed by atoms with Gasteiger partial charge >= 0.3 is 5.97 Å². The minimum absolute atomic E-state index is 0.256. The number of hydrogen-bond donors (Lipinski definition) is 0. The van der Waals surface area contributed by atoms with Crippen LogP contribution in [0.25, 0.3) is 5.00 Å². The number of carbonyl (C=O) groups excluding carboxylic acids is 2. The van der Waals surface area contributed by atoms with E-state index in [9.17, 15) is 9.59 Å². The van der Waals surface area contributed by atoms with Crippen LogP contribution in [0.1, 0.15) is 40.1 Å². The molecule has 0 radical (unpaired) electrons. The van der Waals surface area contributed by atoms with E-state index in [1.807, 2.05) is 35.2 Å². The number of amides is 1. The Kier molecular flexibility index (Phi) is 5.74. The van der Waals surface area contributed by atoms with E-state index in [0.717, 1.165) is 36.2 Å². The molecule has 3 rings (SSSR count). The van der Waals surface area contributed by atoms with Crippen molar-refractivity contribution >= 4 is 23.2 Å². The lowest BCUT2D eigenvalue weighted by atomic mass is 9.95. The summed E-state index contributed by atoms with van der Waals surface area (Å²) < 4.78 is 7.27. The van der Waals surface area contributed by atoms with Gasteiger partial charge in [-0.25, -0.2) is 4.79 Å². The number of aromatic nitrogens is 1. The molecule has 2 aromatic heterocycles. The molecule has 2 heterocycles. The Balaban J connectivity index is 1.78. The molecule has 0 aromatic carbocycles. The van der Waals surface area contributed by atoms with Gasteiger partial charge in [0.15, 0.2) is 6.61 Å². The minimum Gasteiger partial charge on any atom is -0.452 e. The first-order valence-corrected chi connectivity index (χ1v) is 9.49. The van der Waals surface area contributed by atoms with Crippen LogP contribution < -0.4 is 0 Å². The highest BCUT2D eigenvalue weighted by atomic mass is 32.1. The van der Waals surface area contributed by atoms with Crippen LogP contribution in [-0.4, -0.2) is 41.5 Å². The quantitative estimate of drug-likeness (QED) is 0.732. The summed E-state index contributed by atoms with van der Waals surface area (Å²) in [5.74, 6) is -0.754. The lowest BCUT2D eigenvalue weighted by molar-refractivity contribution is -0.133. The monoisotopic (exact) mass is 371 g/mol. The minimum atomic E-state index is -0.449. The van der Waals surface area contributed by atoms with E-state index < -0.39 is 5.97 Å². The van der Waals surface area contributed by atoms with Crippen LogP contribution >= 0.6 is 11.3 Å². The van der Waals surface area contributed by atoms with Crippen molar-refractivity contribution in [3.63, 3.8) is 0 Å². The highest BCUT2D eigenvalue weighted by molar-refractivity contribution is 7.15. The van der Waals surface area contributed by atoms with Crippen molar-refractivity contribution in [2.75, 3.05) is 20.2 Å². The number of aryl methyl sites for hydroxylation is 1. The van der Waals surface area contributed by atoms with Crippen LogP contribution in [0.4, 0.5) is 0 Å². The highest BCUT2D eigenvalue weighted by Gasteiger charge is 2.27. The van der Waals surface area contributed by atoms with Crippen LogP contribution in [0, 0.1) is 11.3 Å². The first-order chi connectivity index (χ1) is 12.6. The smallest absolute Gasteiger partial charge is 0.341 e. The van der Waals surface area contributed by atoms with Gasteiger partial charge in [-0.2, -0.15) is 5.26 Å². The van der Waals surface area contributed by atoms with E-state index in [-0.39, 0.29) is 18.9 Å². The maximum atomic E-state index is 12.8. The van der Waals surface area contributed by atoms with E-state index >= 15 is 0 Å². The van der Waals surface area contributed by atoms with Gasteiger partial charge in [0.05, 0.1) is 18.1 Å². The predicted molar refractivity (Wildman–Crippen MR) is 98.4 cm³/mol. The van der Waals surface area contributed by atoms with Gasteiger partial charge < -0.3 is 14.2 Å². The number of carbonyl (C=O) groups is 2. The molecule has 0 fully saturated rings. The molecule has 7 heteroatoms. The first-order valence-electron chi connectivity index (χ1n) is 8.67. The average molecular weight is 371 g/mol. The third-order valence-electron chi connectivity index (χ3n) is 4.51. The van der Waals surface area contributed by atoms with Gasteiger partial charge in [0.1, 0.15) is 5.00 Å². The van der Waals surface area contributed by atoms with Crippen LogP contribution in [0.5, 0.6) is 0 Å². The Bertz CT molecular complexity index is 833. The first kappa shape index (κ1) is 18.2. The molecule has 1 amide bonds. The van der Waals surface area contributed by atoms with Crippen molar-refractivity contribution in [1.29, 1.82) is 5.26 Å². The average Bonchev–Trinajstić information content (AvgIpc) is 3.30. The van der Waals surface area contributed by atoms with Crippen LogP contribution in [0.3, 0.4) is 0 Å². The molecule has 0 atom stereocenters. The number of esters is 1. The number of thiophene rings is 1. The summed E-state index contributed by atoms with van der Waals surface area (Å²) in [6.07, 6.45) is 8.13. The summed E-state index contributed by atoms with van der Waals surface area (Å²) in [5, 5.41) is 9.46. The fourth-order valence-corrected chi connectivity index (χ4v) is 4.41. The number of nitriles is 1. The number of nitrogens with zero attached hydrogens (tertiary/aromatic N) is 3. The fraction of sp³-hybridized carbons (Fsp3) is 0.421. The van der Waals surface area contributed by atoms with Crippen LogP contribution in [-0.2, 0) is 22.4 Å². The second kappa shape index (κ2) is 8.19. The van der Waals surface area contributed by atoms with E-state index in [0.29, 0.717) is 12.1 Å². The number of fused-ring (bicyclic) bond motifs is 1. The van der Waals surface area contributed by atoms with Crippen molar-refractivity contribution in [2.24, 2.45) is 0 Å². The Labute approximate surface area is 156 Å². The summed E-state index contributed by atoms with van der Waals surface area (Å²) in [6.45, 7) is 0.0197. The zero-order valence-electron chi connectivity index (χ0n) is 14.7. The number of hydrogen-bond acceptors (Lipinski definition) is 5. The Morgan fingerprint density at radius 2 is 2.04 bits per heavy atom. The molecule has 0 saturated carbocycles. The molecular formula is C19H21N3O3S. The number of ether oxygens (including phenoxy) is 1. The second-order valence-corrected chi connectivity index (χ2v) is 7.36. The normalized spacial score (nSPS) is 12.9. The molecule has 1 aliphatic carbocycles. The van der Waals surface area contributed by atoms with E-state index in [1.165, 1.54) is 9.78 Å². The molecule has 0 N–H and O–H groups in total. The zero-order valence-corrected chi connectivity index (χ0v) is 15.6. The topological polar surface area (TPSA) is 75.3 Å². The highest BCUT2D eigenvalue weighted by Crippen LogP contribution is 2.37. The van der Waals surface area contributed by atoms with E-state index in [1.54, 1.807) is 18.4 Å². The predicted octanol–water partition coefficient (Wildman–Crippen LogP) is 2.95. The molecule has 0 unspecified atom stereocenters. The molecule has 0 saturated heterocycles. The van der Waals surface area contributed by atoms with Gasteiger partial charge in [-0.3, -0.25) is 4.79 Å². The van der Waals surface area contributed by atoms with E-state index in [2.05, 4.69) is 0 Å². The summed E-state index contributed by atoms with van der Waals surface area (Å²) in [6, 6.07) is 5.83. The molecule has 1 aliphatic rings. The van der Waals surface area contributed by atoms with Crippen molar-refractivity contribution in [2.45, 2.75) is 32.1 Å². The molecular weight excluding hydrogens is 350 g/mol. The molecule has 0 bridgehead atoms. The third-order valence-corrected chi connectivity index (χ3v) is 5.81. The van der Waals surface area contributed by atoms with Crippen molar-refractivity contribution in [1.82, 2.24) is 9.47 Å². The van der Waals surface area contributed by atoms with Gasteiger partial charge in [0.2, 0.25) is 0 Å². The molecule has 26 heavy (non-hydrogen) atoms. The lowest BCUT2D eigenvalue weighted by Crippen LogP contribution is -2.32. The van der Waals surface area contributed by atoms with E-state index in [4.69, 9.17) is 10.00 Å². The van der Waals surface area contributed by atoms with Crippen molar-refractivity contribution in [3.8, 4) is 11.1 Å². The zero-order chi connectivity index (χ0) is 18.5. The van der Waals surface area contributed by atoms with Crippen LogP contribution in [0.15, 0.2) is 24.5 Å². The van der Waals surface area contributed by atoms with Gasteiger partial charge in [-0.15, -0.1) is 11.3 Å². The summed E-state index contributed by atoms with van der Waals surface area (Å²) in [7, 11) is 1.60. The van der Waals surface area contributed by atoms with Gasteiger partial charge in [-0.05, 0) is 43.4 Å². The molecule has 6 nitrogen and oxygen atoms in total. The number of rotatable bonds is 6. The van der Waals surface area contributed by atoms with Crippen LogP contribution in [0.2, 0.25) is 0 Å². The molecule has 136 valence electrons. The Morgan fingerprint density at radius 3 is 2.77 bits per heavy atom. The molecule has 0 aliphatic heterocycles. The van der Waals surface area contributed by atoms with Crippen molar-refractivity contribution < 1.29 is 14.3 Å². The van der Waals surface area contributed by atoms with Gasteiger partial charge in [-0.1, -0.05) is 0 Å². The van der Waals surface area contributed by atoms with Crippen molar-refractivity contribution in [3.05, 3.63) is 40.5 Å². The third kappa shape index (κ3) is 3.81.